The van der Waals surface area contributed by atoms with Gasteiger partial charge in [0, 0.05) is 26.2 Å². The Labute approximate surface area is 150 Å². The predicted octanol–water partition coefficient (Wildman–Crippen LogP) is 1.22. The SMILES string of the molecule is Cc1ccc(NC(=O)C(=O)N2CCN(C(=O)c3ccco3)CC2)c(O)c1. The van der Waals surface area contributed by atoms with Crippen LogP contribution in [0.1, 0.15) is 16.1 Å². The van der Waals surface area contributed by atoms with Crippen LogP contribution >= 0.6 is 0 Å². The van der Waals surface area contributed by atoms with Gasteiger partial charge in [0.1, 0.15) is 5.75 Å². The maximum absolute atomic E-state index is 12.3. The van der Waals surface area contributed by atoms with Crippen molar-refractivity contribution >= 4 is 23.4 Å². The zero-order valence-corrected chi connectivity index (χ0v) is 14.3. The molecule has 0 bridgehead atoms. The van der Waals surface area contributed by atoms with E-state index in [1.807, 2.05) is 0 Å². The number of piperazine rings is 1. The second-order valence-electron chi connectivity index (χ2n) is 6.04. The number of carbonyl (C=O) groups excluding carboxylic acids is 3. The monoisotopic (exact) mass is 357 g/mol. The first kappa shape index (κ1) is 17.5. The lowest BCUT2D eigenvalue weighted by molar-refractivity contribution is -0.144. The first-order valence-corrected chi connectivity index (χ1v) is 8.18. The molecule has 8 nitrogen and oxygen atoms in total. The number of rotatable bonds is 2. The van der Waals surface area contributed by atoms with Gasteiger partial charge in [0.2, 0.25) is 0 Å². The smallest absolute Gasteiger partial charge is 0.314 e. The molecule has 136 valence electrons. The molecule has 1 fully saturated rings. The zero-order valence-electron chi connectivity index (χ0n) is 14.3. The van der Waals surface area contributed by atoms with Crippen LogP contribution < -0.4 is 5.32 Å². The molecule has 2 N–H and O–H groups in total. The van der Waals surface area contributed by atoms with Crippen LogP contribution in [0.25, 0.3) is 0 Å². The van der Waals surface area contributed by atoms with Crippen LogP contribution in [0.15, 0.2) is 41.0 Å². The molecule has 26 heavy (non-hydrogen) atoms. The third kappa shape index (κ3) is 3.69. The average molecular weight is 357 g/mol. The quantitative estimate of drug-likeness (QED) is 0.621. The summed E-state index contributed by atoms with van der Waals surface area (Å²) >= 11 is 0. The van der Waals surface area contributed by atoms with Crippen molar-refractivity contribution in [3.63, 3.8) is 0 Å². The van der Waals surface area contributed by atoms with Gasteiger partial charge in [-0.05, 0) is 36.8 Å². The number of aryl methyl sites for hydroxylation is 1. The van der Waals surface area contributed by atoms with E-state index in [4.69, 9.17) is 4.42 Å². The van der Waals surface area contributed by atoms with Crippen LogP contribution in [0.3, 0.4) is 0 Å². The number of aromatic hydroxyl groups is 1. The summed E-state index contributed by atoms with van der Waals surface area (Å²) in [5.41, 5.74) is 1.02. The summed E-state index contributed by atoms with van der Waals surface area (Å²) < 4.78 is 5.09. The Hall–Kier alpha value is -3.29. The third-order valence-electron chi connectivity index (χ3n) is 4.18. The summed E-state index contributed by atoms with van der Waals surface area (Å²) in [7, 11) is 0. The lowest BCUT2D eigenvalue weighted by Gasteiger charge is -2.33. The minimum atomic E-state index is -0.824. The van der Waals surface area contributed by atoms with Crippen molar-refractivity contribution < 1.29 is 23.9 Å². The maximum atomic E-state index is 12.3. The number of anilines is 1. The molecular weight excluding hydrogens is 338 g/mol. The van der Waals surface area contributed by atoms with E-state index in [2.05, 4.69) is 5.32 Å². The Kier molecular flexibility index (Phi) is 4.92. The fourth-order valence-corrected chi connectivity index (χ4v) is 2.74. The number of amides is 3. The molecule has 2 heterocycles. The van der Waals surface area contributed by atoms with Crippen molar-refractivity contribution in [3.05, 3.63) is 47.9 Å². The second-order valence-corrected chi connectivity index (χ2v) is 6.04. The predicted molar refractivity (Wildman–Crippen MR) is 92.7 cm³/mol. The van der Waals surface area contributed by atoms with E-state index in [0.717, 1.165) is 5.56 Å². The van der Waals surface area contributed by atoms with Crippen molar-refractivity contribution in [1.82, 2.24) is 9.80 Å². The molecule has 1 aromatic heterocycles. The van der Waals surface area contributed by atoms with Crippen LogP contribution in [0.4, 0.5) is 5.69 Å². The molecule has 0 atom stereocenters. The van der Waals surface area contributed by atoms with Crippen LogP contribution in [0.2, 0.25) is 0 Å². The number of furan rings is 1. The number of nitrogens with one attached hydrogen (secondary N) is 1. The Morgan fingerprint density at radius 3 is 2.38 bits per heavy atom. The fourth-order valence-electron chi connectivity index (χ4n) is 2.74. The van der Waals surface area contributed by atoms with E-state index in [0.29, 0.717) is 13.1 Å². The van der Waals surface area contributed by atoms with Gasteiger partial charge in [-0.25, -0.2) is 0 Å². The van der Waals surface area contributed by atoms with E-state index < -0.39 is 11.8 Å². The Morgan fingerprint density at radius 1 is 1.08 bits per heavy atom. The second kappa shape index (κ2) is 7.30. The molecule has 2 aromatic rings. The van der Waals surface area contributed by atoms with E-state index in [1.54, 1.807) is 30.0 Å². The Morgan fingerprint density at radius 2 is 1.77 bits per heavy atom. The number of phenolic OH excluding ortho intramolecular Hbond substituents is 1. The number of nitrogens with zero attached hydrogens (tertiary/aromatic N) is 2. The van der Waals surface area contributed by atoms with Gasteiger partial charge in [-0.1, -0.05) is 6.07 Å². The summed E-state index contributed by atoms with van der Waals surface area (Å²) in [5, 5.41) is 12.2. The van der Waals surface area contributed by atoms with Crippen LogP contribution in [-0.4, -0.2) is 58.8 Å². The first-order valence-electron chi connectivity index (χ1n) is 8.18. The molecule has 0 saturated carbocycles. The van der Waals surface area contributed by atoms with Gasteiger partial charge in [-0.15, -0.1) is 0 Å². The van der Waals surface area contributed by atoms with E-state index in [9.17, 15) is 19.5 Å². The van der Waals surface area contributed by atoms with E-state index in [-0.39, 0.29) is 36.2 Å². The van der Waals surface area contributed by atoms with Crippen LogP contribution in [0, 0.1) is 6.92 Å². The van der Waals surface area contributed by atoms with Gasteiger partial charge in [-0.2, -0.15) is 0 Å². The lowest BCUT2D eigenvalue weighted by Crippen LogP contribution is -2.52. The summed E-state index contributed by atoms with van der Waals surface area (Å²) in [4.78, 5) is 39.6. The summed E-state index contributed by atoms with van der Waals surface area (Å²) in [5.74, 6) is -1.61. The minimum Gasteiger partial charge on any atom is -0.506 e. The number of benzene rings is 1. The van der Waals surface area contributed by atoms with Crippen LogP contribution in [-0.2, 0) is 9.59 Å². The standard InChI is InChI=1S/C18H19N3O5/c1-12-4-5-13(14(22)11-12)19-16(23)18(25)21-8-6-20(7-9-21)17(24)15-3-2-10-26-15/h2-5,10-11,22H,6-9H2,1H3,(H,19,23). The van der Waals surface area contributed by atoms with Crippen molar-refractivity contribution in [1.29, 1.82) is 0 Å². The number of hydrogen-bond donors (Lipinski definition) is 2. The third-order valence-corrected chi connectivity index (χ3v) is 4.18. The topological polar surface area (TPSA) is 103 Å². The van der Waals surface area contributed by atoms with Crippen molar-refractivity contribution in [2.24, 2.45) is 0 Å². The van der Waals surface area contributed by atoms with Gasteiger partial charge in [0.05, 0.1) is 12.0 Å². The minimum absolute atomic E-state index is 0.0972. The Bertz CT molecular complexity index is 823. The molecule has 3 rings (SSSR count). The lowest BCUT2D eigenvalue weighted by atomic mass is 10.2. The molecule has 0 aliphatic carbocycles. The fraction of sp³-hybridized carbons (Fsp3) is 0.278. The average Bonchev–Trinajstić information content (AvgIpc) is 3.17. The highest BCUT2D eigenvalue weighted by Gasteiger charge is 2.29. The summed E-state index contributed by atoms with van der Waals surface area (Å²) in [6.07, 6.45) is 1.43. The molecule has 0 unspecified atom stereocenters. The highest BCUT2D eigenvalue weighted by atomic mass is 16.3. The highest BCUT2D eigenvalue weighted by molar-refractivity contribution is 6.39. The first-order chi connectivity index (χ1) is 12.5. The largest absolute Gasteiger partial charge is 0.506 e. The van der Waals surface area contributed by atoms with Crippen LogP contribution in [0.5, 0.6) is 5.75 Å². The van der Waals surface area contributed by atoms with E-state index >= 15 is 0 Å². The molecule has 8 heteroatoms. The van der Waals surface area contributed by atoms with Crippen molar-refractivity contribution in [2.75, 3.05) is 31.5 Å². The molecule has 0 spiro atoms. The molecule has 1 aliphatic heterocycles. The van der Waals surface area contributed by atoms with Gasteiger partial charge < -0.3 is 24.6 Å². The normalized spacial score (nSPS) is 14.2. The molecule has 1 saturated heterocycles. The molecule has 0 radical (unpaired) electrons. The number of carbonyl (C=O) groups is 3. The molecule has 3 amide bonds. The van der Waals surface area contributed by atoms with Gasteiger partial charge >= 0.3 is 11.8 Å². The summed E-state index contributed by atoms with van der Waals surface area (Å²) in [6.45, 7) is 2.93. The maximum Gasteiger partial charge on any atom is 0.314 e. The number of phenols is 1. The van der Waals surface area contributed by atoms with Gasteiger partial charge in [0.15, 0.2) is 5.76 Å². The summed E-state index contributed by atoms with van der Waals surface area (Å²) in [6, 6.07) is 7.98. The zero-order chi connectivity index (χ0) is 18.7. The molecule has 1 aliphatic rings. The van der Waals surface area contributed by atoms with Gasteiger partial charge in [0.25, 0.3) is 5.91 Å². The number of hydrogen-bond acceptors (Lipinski definition) is 5. The molecule has 1 aromatic carbocycles. The van der Waals surface area contributed by atoms with Crippen molar-refractivity contribution in [2.45, 2.75) is 6.92 Å². The van der Waals surface area contributed by atoms with E-state index in [1.165, 1.54) is 23.3 Å². The van der Waals surface area contributed by atoms with Gasteiger partial charge in [-0.3, -0.25) is 14.4 Å². The molecular formula is C18H19N3O5. The van der Waals surface area contributed by atoms with Crippen molar-refractivity contribution in [3.8, 4) is 5.75 Å². The highest BCUT2D eigenvalue weighted by Crippen LogP contribution is 2.23. The Balaban J connectivity index is 1.56.